The molecule has 2 aliphatic rings. The standard InChI is InChI=1S/C16H23FN2O2/c17-13-9-11(3-6-15(13)21-12-4-5-12)16(20)14(18)10-19-7-1-2-8-19/h3,6,9,12,14,16,20H,1-2,4-5,7-8,10,18H2. The summed E-state index contributed by atoms with van der Waals surface area (Å²) in [5.74, 6) is -0.159. The van der Waals surface area contributed by atoms with Gasteiger partial charge in [0.2, 0.25) is 0 Å². The average Bonchev–Trinajstić information content (AvgIpc) is 3.14. The number of ether oxygens (including phenoxy) is 1. The van der Waals surface area contributed by atoms with Crippen LogP contribution in [0.2, 0.25) is 0 Å². The van der Waals surface area contributed by atoms with Crippen LogP contribution in [0.25, 0.3) is 0 Å². The first-order valence-corrected chi connectivity index (χ1v) is 7.75. The quantitative estimate of drug-likeness (QED) is 0.840. The van der Waals surface area contributed by atoms with Gasteiger partial charge in [-0.1, -0.05) is 6.07 Å². The fourth-order valence-corrected chi connectivity index (χ4v) is 2.77. The summed E-state index contributed by atoms with van der Waals surface area (Å²) in [5.41, 5.74) is 6.58. The lowest BCUT2D eigenvalue weighted by atomic mass is 10.0. The summed E-state index contributed by atoms with van der Waals surface area (Å²) < 4.78 is 19.4. The maximum atomic E-state index is 14.0. The van der Waals surface area contributed by atoms with Crippen molar-refractivity contribution in [2.24, 2.45) is 5.73 Å². The number of hydrogen-bond donors (Lipinski definition) is 2. The van der Waals surface area contributed by atoms with Crippen molar-refractivity contribution in [3.63, 3.8) is 0 Å². The molecule has 1 aliphatic heterocycles. The van der Waals surface area contributed by atoms with Crippen molar-refractivity contribution in [2.75, 3.05) is 19.6 Å². The molecular formula is C16H23FN2O2. The van der Waals surface area contributed by atoms with Gasteiger partial charge in [-0.15, -0.1) is 0 Å². The molecule has 116 valence electrons. The normalized spacial score (nSPS) is 22.2. The topological polar surface area (TPSA) is 58.7 Å². The summed E-state index contributed by atoms with van der Waals surface area (Å²) >= 11 is 0. The number of aliphatic hydroxyl groups excluding tert-OH is 1. The molecule has 4 nitrogen and oxygen atoms in total. The van der Waals surface area contributed by atoms with Gasteiger partial charge in [0.15, 0.2) is 11.6 Å². The second-order valence-corrected chi connectivity index (χ2v) is 6.12. The highest BCUT2D eigenvalue weighted by molar-refractivity contribution is 5.31. The largest absolute Gasteiger partial charge is 0.487 e. The molecule has 1 aliphatic carbocycles. The Kier molecular flexibility index (Phi) is 4.42. The minimum absolute atomic E-state index is 0.160. The summed E-state index contributed by atoms with van der Waals surface area (Å²) in [4.78, 5) is 2.24. The van der Waals surface area contributed by atoms with Gasteiger partial charge in [-0.2, -0.15) is 0 Å². The Morgan fingerprint density at radius 3 is 2.67 bits per heavy atom. The van der Waals surface area contributed by atoms with E-state index in [0.717, 1.165) is 25.9 Å². The fourth-order valence-electron chi connectivity index (χ4n) is 2.77. The second kappa shape index (κ2) is 6.30. The molecule has 21 heavy (non-hydrogen) atoms. The lowest BCUT2D eigenvalue weighted by Gasteiger charge is -2.24. The molecule has 2 atom stereocenters. The Balaban J connectivity index is 1.62. The number of aliphatic hydroxyl groups is 1. The summed E-state index contributed by atoms with van der Waals surface area (Å²) in [6, 6.07) is 4.23. The van der Waals surface area contributed by atoms with E-state index in [1.165, 1.54) is 18.9 Å². The van der Waals surface area contributed by atoms with E-state index in [2.05, 4.69) is 4.90 Å². The summed E-state index contributed by atoms with van der Waals surface area (Å²) in [5, 5.41) is 10.3. The van der Waals surface area contributed by atoms with Gasteiger partial charge in [0.05, 0.1) is 12.2 Å². The molecule has 1 heterocycles. The number of rotatable bonds is 6. The van der Waals surface area contributed by atoms with Crippen LogP contribution in [0.5, 0.6) is 5.75 Å². The molecule has 1 saturated carbocycles. The number of benzene rings is 1. The van der Waals surface area contributed by atoms with Crippen molar-refractivity contribution in [3.05, 3.63) is 29.6 Å². The third kappa shape index (κ3) is 3.73. The number of nitrogens with zero attached hydrogens (tertiary/aromatic N) is 1. The van der Waals surface area contributed by atoms with Gasteiger partial charge >= 0.3 is 0 Å². The van der Waals surface area contributed by atoms with Gasteiger partial charge in [0, 0.05) is 12.6 Å². The van der Waals surface area contributed by atoms with Crippen molar-refractivity contribution < 1.29 is 14.2 Å². The van der Waals surface area contributed by atoms with Crippen LogP contribution in [0.15, 0.2) is 18.2 Å². The smallest absolute Gasteiger partial charge is 0.165 e. The van der Waals surface area contributed by atoms with E-state index >= 15 is 0 Å². The highest BCUT2D eigenvalue weighted by Gasteiger charge is 2.26. The molecule has 2 fully saturated rings. The van der Waals surface area contributed by atoms with Crippen molar-refractivity contribution in [2.45, 2.75) is 43.9 Å². The van der Waals surface area contributed by atoms with Gasteiger partial charge in [0.25, 0.3) is 0 Å². The van der Waals surface area contributed by atoms with Gasteiger partial charge in [-0.3, -0.25) is 0 Å². The highest BCUT2D eigenvalue weighted by atomic mass is 19.1. The molecule has 0 spiro atoms. The van der Waals surface area contributed by atoms with Crippen molar-refractivity contribution in [1.29, 1.82) is 0 Å². The third-order valence-electron chi connectivity index (χ3n) is 4.19. The van der Waals surface area contributed by atoms with E-state index in [9.17, 15) is 9.50 Å². The molecule has 3 rings (SSSR count). The first-order chi connectivity index (χ1) is 10.1. The summed E-state index contributed by atoms with van der Waals surface area (Å²) in [6.07, 6.45) is 3.66. The number of halogens is 1. The zero-order valence-electron chi connectivity index (χ0n) is 12.2. The molecule has 0 radical (unpaired) electrons. The van der Waals surface area contributed by atoms with Crippen LogP contribution in [-0.2, 0) is 0 Å². The van der Waals surface area contributed by atoms with Crippen LogP contribution in [0.4, 0.5) is 4.39 Å². The maximum Gasteiger partial charge on any atom is 0.165 e. The summed E-state index contributed by atoms with van der Waals surface area (Å²) in [6.45, 7) is 2.70. The Bertz CT molecular complexity index is 487. The fraction of sp³-hybridized carbons (Fsp3) is 0.625. The molecule has 2 unspecified atom stereocenters. The Morgan fingerprint density at radius 2 is 2.05 bits per heavy atom. The molecule has 5 heteroatoms. The Labute approximate surface area is 124 Å². The minimum Gasteiger partial charge on any atom is -0.487 e. The predicted octanol–water partition coefficient (Wildman–Crippen LogP) is 1.82. The lowest BCUT2D eigenvalue weighted by Crippen LogP contribution is -2.40. The second-order valence-electron chi connectivity index (χ2n) is 6.12. The third-order valence-corrected chi connectivity index (χ3v) is 4.19. The van der Waals surface area contributed by atoms with Gasteiger partial charge < -0.3 is 20.5 Å². The molecule has 1 aromatic carbocycles. The van der Waals surface area contributed by atoms with E-state index < -0.39 is 18.0 Å². The van der Waals surface area contributed by atoms with Crippen molar-refractivity contribution >= 4 is 0 Å². The first-order valence-electron chi connectivity index (χ1n) is 7.75. The number of hydrogen-bond acceptors (Lipinski definition) is 4. The molecule has 0 aromatic heterocycles. The maximum absolute atomic E-state index is 14.0. The molecule has 1 aromatic rings. The SMILES string of the molecule is NC(CN1CCCC1)C(O)c1ccc(OC2CC2)c(F)c1. The molecule has 0 amide bonds. The van der Waals surface area contributed by atoms with Gasteiger partial charge in [-0.25, -0.2) is 4.39 Å². The van der Waals surface area contributed by atoms with Crippen LogP contribution in [0, 0.1) is 5.82 Å². The molecular weight excluding hydrogens is 271 g/mol. The average molecular weight is 294 g/mol. The summed E-state index contributed by atoms with van der Waals surface area (Å²) in [7, 11) is 0. The number of nitrogens with two attached hydrogens (primary N) is 1. The van der Waals surface area contributed by atoms with E-state index in [1.807, 2.05) is 0 Å². The van der Waals surface area contributed by atoms with E-state index in [-0.39, 0.29) is 11.9 Å². The van der Waals surface area contributed by atoms with Gasteiger partial charge in [-0.05, 0) is 56.5 Å². The highest BCUT2D eigenvalue weighted by Crippen LogP contribution is 2.30. The van der Waals surface area contributed by atoms with Crippen LogP contribution in [0.3, 0.4) is 0 Å². The minimum atomic E-state index is -0.852. The first kappa shape index (κ1) is 14.8. The zero-order chi connectivity index (χ0) is 14.8. The van der Waals surface area contributed by atoms with Crippen molar-refractivity contribution in [1.82, 2.24) is 4.90 Å². The van der Waals surface area contributed by atoms with E-state index in [0.29, 0.717) is 12.1 Å². The van der Waals surface area contributed by atoms with Crippen LogP contribution < -0.4 is 10.5 Å². The number of likely N-dealkylation sites (tertiary alicyclic amines) is 1. The Hall–Kier alpha value is -1.17. The molecule has 3 N–H and O–H groups in total. The van der Waals surface area contributed by atoms with E-state index in [1.54, 1.807) is 12.1 Å². The monoisotopic (exact) mass is 294 g/mol. The van der Waals surface area contributed by atoms with E-state index in [4.69, 9.17) is 10.5 Å². The molecule has 1 saturated heterocycles. The van der Waals surface area contributed by atoms with Crippen LogP contribution in [0.1, 0.15) is 37.4 Å². The lowest BCUT2D eigenvalue weighted by molar-refractivity contribution is 0.125. The predicted molar refractivity (Wildman–Crippen MR) is 78.7 cm³/mol. The van der Waals surface area contributed by atoms with Crippen LogP contribution >= 0.6 is 0 Å². The zero-order valence-corrected chi connectivity index (χ0v) is 12.2. The van der Waals surface area contributed by atoms with Gasteiger partial charge in [0.1, 0.15) is 0 Å². The molecule has 0 bridgehead atoms. The van der Waals surface area contributed by atoms with Crippen LogP contribution in [-0.4, -0.2) is 41.8 Å². The van der Waals surface area contributed by atoms with Crippen molar-refractivity contribution in [3.8, 4) is 5.75 Å². The Morgan fingerprint density at radius 1 is 1.33 bits per heavy atom.